The maximum atomic E-state index is 13.6. The highest BCUT2D eigenvalue weighted by molar-refractivity contribution is 6.32. The second-order valence-electron chi connectivity index (χ2n) is 9.15. The summed E-state index contributed by atoms with van der Waals surface area (Å²) in [5, 5.41) is 25.5. The normalized spacial score (nSPS) is 22.6. The van der Waals surface area contributed by atoms with Gasteiger partial charge in [0.25, 0.3) is 5.60 Å². The number of aliphatic hydroxyl groups excluding tert-OH is 2. The highest BCUT2D eigenvalue weighted by Gasteiger charge is 2.85. The van der Waals surface area contributed by atoms with Crippen molar-refractivity contribution in [2.75, 3.05) is 38.9 Å². The number of allylic oxidation sites excluding steroid dienone is 1. The van der Waals surface area contributed by atoms with Crippen molar-refractivity contribution in [3.8, 4) is 0 Å². The third-order valence-corrected chi connectivity index (χ3v) is 6.89. The minimum atomic E-state index is -2.13. The van der Waals surface area contributed by atoms with E-state index in [4.69, 9.17) is 14.6 Å². The van der Waals surface area contributed by atoms with E-state index in [1.807, 2.05) is 26.1 Å². The maximum absolute atomic E-state index is 13.6. The van der Waals surface area contributed by atoms with Gasteiger partial charge in [0.2, 0.25) is 5.78 Å². The number of ketones is 2. The number of Topliss-reactive ketones (excluding diaryl/α,β-unsaturated/α-hetero) is 2. The Bertz CT molecular complexity index is 1240. The molecule has 10 heteroatoms. The van der Waals surface area contributed by atoms with Crippen LogP contribution in [-0.2, 0) is 20.7 Å². The van der Waals surface area contributed by atoms with E-state index in [1.54, 1.807) is 18.3 Å². The summed E-state index contributed by atoms with van der Waals surface area (Å²) in [5.41, 5.74) is -1.30. The minimum absolute atomic E-state index is 0.0909. The maximum Gasteiger partial charge on any atom is 0.350 e. The van der Waals surface area contributed by atoms with Crippen LogP contribution in [0.25, 0.3) is 0 Å². The van der Waals surface area contributed by atoms with E-state index < -0.39 is 35.3 Å². The number of nitrogens with one attached hydrogen (secondary N) is 2. The molecule has 2 atom stereocenters. The summed E-state index contributed by atoms with van der Waals surface area (Å²) in [6.45, 7) is 1.29. The van der Waals surface area contributed by atoms with Gasteiger partial charge in [-0.2, -0.15) is 0 Å². The van der Waals surface area contributed by atoms with Gasteiger partial charge in [0.15, 0.2) is 11.4 Å². The Balaban J connectivity index is 1.61. The fourth-order valence-electron chi connectivity index (χ4n) is 4.79. The molecule has 1 aromatic carbocycles. The predicted octanol–water partition coefficient (Wildman–Crippen LogP) is 1.42. The molecule has 2 aromatic rings. The quantitative estimate of drug-likeness (QED) is 0.109. The molecule has 0 bridgehead atoms. The molecule has 0 saturated carbocycles. The van der Waals surface area contributed by atoms with Crippen LogP contribution < -0.4 is 10.6 Å². The first kappa shape index (κ1) is 26.6. The van der Waals surface area contributed by atoms with Gasteiger partial charge in [0.1, 0.15) is 12.4 Å². The van der Waals surface area contributed by atoms with Gasteiger partial charge in [0.05, 0.1) is 19.9 Å². The van der Waals surface area contributed by atoms with Gasteiger partial charge < -0.3 is 30.3 Å². The van der Waals surface area contributed by atoms with Crippen molar-refractivity contribution < 1.29 is 34.1 Å². The molecule has 2 unspecified atom stereocenters. The predicted molar refractivity (Wildman–Crippen MR) is 134 cm³/mol. The van der Waals surface area contributed by atoms with Gasteiger partial charge in [0, 0.05) is 23.7 Å². The molecule has 2 heterocycles. The lowest BCUT2D eigenvalue weighted by Crippen LogP contribution is -2.51. The zero-order valence-electron chi connectivity index (χ0n) is 20.9. The number of benzene rings is 1. The van der Waals surface area contributed by atoms with Crippen LogP contribution >= 0.6 is 0 Å². The number of aliphatic hydroxyl groups is 2. The standard InChI is InChI=1S/C27H31N3O7/c1-17(7-8-18-9-10-29-22(13-18)30-16-28-2)19(15-32)14-26-23(33)20-5-3-4-6-21(20)24(34)27(26,37-26)25(35)36-12-11-31/h3-6,9-10,13,28,31-32H,7-8,11-12,14-16H2,1-2H3,(H,29,30). The lowest BCUT2D eigenvalue weighted by atomic mass is 9.71. The molecule has 1 fully saturated rings. The lowest BCUT2D eigenvalue weighted by Gasteiger charge is -2.25. The molecule has 1 saturated heterocycles. The monoisotopic (exact) mass is 509 g/mol. The summed E-state index contributed by atoms with van der Waals surface area (Å²) in [7, 11) is 1.83. The average molecular weight is 510 g/mol. The number of aromatic nitrogens is 1. The van der Waals surface area contributed by atoms with E-state index in [9.17, 15) is 19.5 Å². The molecule has 2 aliphatic rings. The number of hydrogen-bond acceptors (Lipinski definition) is 10. The highest BCUT2D eigenvalue weighted by atomic mass is 16.7. The fourth-order valence-corrected chi connectivity index (χ4v) is 4.79. The topological polar surface area (TPSA) is 150 Å². The Morgan fingerprint density at radius 2 is 1.86 bits per heavy atom. The molecule has 0 spiro atoms. The van der Waals surface area contributed by atoms with Crippen molar-refractivity contribution in [2.45, 2.75) is 37.4 Å². The van der Waals surface area contributed by atoms with Crippen LogP contribution in [-0.4, -0.2) is 77.5 Å². The number of esters is 1. The summed E-state index contributed by atoms with van der Waals surface area (Å²) in [5.74, 6) is -1.43. The van der Waals surface area contributed by atoms with Crippen LogP contribution in [0.15, 0.2) is 53.7 Å². The Kier molecular flexibility index (Phi) is 7.84. The van der Waals surface area contributed by atoms with Crippen molar-refractivity contribution in [1.29, 1.82) is 0 Å². The zero-order valence-corrected chi connectivity index (χ0v) is 20.9. The van der Waals surface area contributed by atoms with Crippen LogP contribution in [0.5, 0.6) is 0 Å². The molecule has 37 heavy (non-hydrogen) atoms. The Hall–Kier alpha value is -3.44. The largest absolute Gasteiger partial charge is 0.461 e. The van der Waals surface area contributed by atoms with Gasteiger partial charge in [-0.3, -0.25) is 9.59 Å². The summed E-state index contributed by atoms with van der Waals surface area (Å²) in [4.78, 5) is 44.4. The number of ether oxygens (including phenoxy) is 2. The van der Waals surface area contributed by atoms with Crippen LogP contribution in [0.1, 0.15) is 46.0 Å². The molecule has 0 radical (unpaired) electrons. The number of rotatable bonds is 12. The minimum Gasteiger partial charge on any atom is -0.461 e. The third-order valence-electron chi connectivity index (χ3n) is 6.89. The first-order valence-corrected chi connectivity index (χ1v) is 12.1. The van der Waals surface area contributed by atoms with Gasteiger partial charge in [-0.1, -0.05) is 29.8 Å². The average Bonchev–Trinajstić information content (AvgIpc) is 3.62. The van der Waals surface area contributed by atoms with Crippen molar-refractivity contribution >= 4 is 23.4 Å². The van der Waals surface area contributed by atoms with E-state index in [-0.39, 0.29) is 30.8 Å². The molecule has 0 amide bonds. The first-order valence-electron chi connectivity index (χ1n) is 12.1. The number of pyridine rings is 1. The number of nitrogens with zero attached hydrogens (tertiary/aromatic N) is 1. The van der Waals surface area contributed by atoms with Crippen molar-refractivity contribution in [3.05, 3.63) is 70.4 Å². The Morgan fingerprint density at radius 1 is 1.14 bits per heavy atom. The van der Waals surface area contributed by atoms with Crippen LogP contribution in [0.3, 0.4) is 0 Å². The number of anilines is 1. The summed E-state index contributed by atoms with van der Waals surface area (Å²) in [6, 6.07) is 10.1. The molecule has 1 aromatic heterocycles. The van der Waals surface area contributed by atoms with Crippen molar-refractivity contribution in [3.63, 3.8) is 0 Å². The molecule has 10 nitrogen and oxygen atoms in total. The number of hydrogen-bond donors (Lipinski definition) is 4. The molecule has 196 valence electrons. The number of fused-ring (bicyclic) bond motifs is 2. The van der Waals surface area contributed by atoms with Crippen LogP contribution in [0, 0.1) is 0 Å². The summed E-state index contributed by atoms with van der Waals surface area (Å²) >= 11 is 0. The Morgan fingerprint density at radius 3 is 2.54 bits per heavy atom. The van der Waals surface area contributed by atoms with E-state index in [1.165, 1.54) is 12.1 Å². The van der Waals surface area contributed by atoms with Gasteiger partial charge in [-0.15, -0.1) is 0 Å². The van der Waals surface area contributed by atoms with E-state index in [2.05, 4.69) is 15.6 Å². The van der Waals surface area contributed by atoms with E-state index in [0.717, 1.165) is 17.0 Å². The molecule has 4 rings (SSSR count). The van der Waals surface area contributed by atoms with Crippen LogP contribution in [0.2, 0.25) is 0 Å². The third kappa shape index (κ3) is 4.69. The SMILES string of the molecule is CNCNc1cc(CCC(C)=C(CO)CC23OC2(C(=O)OCCO)C(=O)c2ccccc2C3=O)ccn1. The second-order valence-corrected chi connectivity index (χ2v) is 9.15. The van der Waals surface area contributed by atoms with Gasteiger partial charge in [-0.05, 0) is 50.1 Å². The smallest absolute Gasteiger partial charge is 0.350 e. The molecule has 1 aliphatic carbocycles. The molecule has 4 N–H and O–H groups in total. The zero-order chi connectivity index (χ0) is 26.6. The highest BCUT2D eigenvalue weighted by Crippen LogP contribution is 2.59. The lowest BCUT2D eigenvalue weighted by molar-refractivity contribution is -0.149. The second kappa shape index (κ2) is 10.9. The number of carbonyl (C=O) groups excluding carboxylic acids is 3. The fraction of sp³-hybridized carbons (Fsp3) is 0.407. The van der Waals surface area contributed by atoms with E-state index >= 15 is 0 Å². The molecule has 1 aliphatic heterocycles. The van der Waals surface area contributed by atoms with E-state index in [0.29, 0.717) is 25.1 Å². The number of carbonyl (C=O) groups is 3. The first-order chi connectivity index (χ1) is 17.8. The summed E-state index contributed by atoms with van der Waals surface area (Å²) in [6.07, 6.45) is 2.81. The van der Waals surface area contributed by atoms with Gasteiger partial charge in [-0.25, -0.2) is 9.78 Å². The van der Waals surface area contributed by atoms with Crippen molar-refractivity contribution in [1.82, 2.24) is 10.3 Å². The Labute approximate surface area is 214 Å². The number of aryl methyl sites for hydroxylation is 1. The number of epoxide rings is 1. The van der Waals surface area contributed by atoms with Crippen LogP contribution in [0.4, 0.5) is 5.82 Å². The molecular formula is C27H31N3O7. The summed E-state index contributed by atoms with van der Waals surface area (Å²) < 4.78 is 10.9. The van der Waals surface area contributed by atoms with Crippen molar-refractivity contribution in [2.24, 2.45) is 0 Å². The molecular weight excluding hydrogens is 478 g/mol. The van der Waals surface area contributed by atoms with Gasteiger partial charge >= 0.3 is 5.97 Å².